The van der Waals surface area contributed by atoms with Gasteiger partial charge in [0.25, 0.3) is 0 Å². The average Bonchev–Trinajstić information content (AvgIpc) is 2.61. The first-order valence-electron chi connectivity index (χ1n) is 8.32. The zero-order valence-electron chi connectivity index (χ0n) is 17.1. The molecule has 0 spiro atoms. The largest absolute Gasteiger partial charge is 1.00 e. The predicted molar refractivity (Wildman–Crippen MR) is 110 cm³/mol. The Morgan fingerprint density at radius 2 is 1.27 bits per heavy atom. The van der Waals surface area contributed by atoms with Gasteiger partial charge in [-0.3, -0.25) is 10.1 Å². The first-order valence-corrected chi connectivity index (χ1v) is 11.7. The van der Waals surface area contributed by atoms with E-state index in [2.05, 4.69) is 22.2 Å². The van der Waals surface area contributed by atoms with Crippen molar-refractivity contribution in [1.29, 1.82) is 0 Å². The van der Waals surface area contributed by atoms with Crippen molar-refractivity contribution in [2.75, 3.05) is 12.1 Å². The van der Waals surface area contributed by atoms with Gasteiger partial charge in [-0.05, 0) is 24.3 Å². The van der Waals surface area contributed by atoms with Crippen LogP contribution in [-0.4, -0.2) is 33.9 Å². The van der Waals surface area contributed by atoms with Gasteiger partial charge in [-0.25, -0.2) is 0 Å². The van der Waals surface area contributed by atoms with Crippen LogP contribution in [0.25, 0.3) is 0 Å². The molecule has 162 valence electrons. The zero-order chi connectivity index (χ0) is 22.3. The second-order valence-corrected chi connectivity index (χ2v) is 8.49. The molecule has 0 amide bonds. The second-order valence-electron chi connectivity index (χ2n) is 5.37. The number of benzene rings is 2. The number of nitrogens with zero attached hydrogens (tertiary/aromatic N) is 1. The summed E-state index contributed by atoms with van der Waals surface area (Å²) in [7, 11) is -7.51. The summed E-state index contributed by atoms with van der Waals surface area (Å²) in [4.78, 5) is 8.99. The number of hydrogen-bond donors (Lipinski definition) is 0. The predicted octanol–water partition coefficient (Wildman–Crippen LogP) is 0.279. The van der Waals surface area contributed by atoms with E-state index >= 15 is 0 Å². The van der Waals surface area contributed by atoms with Gasteiger partial charge in [0.2, 0.25) is 0 Å². The van der Waals surface area contributed by atoms with Gasteiger partial charge in [0.15, 0.2) is 0 Å². The first kappa shape index (κ1) is 30.1. The SMILES string of the molecule is CS(=O)(=O)Oc1ccccc1.O=[N+]([O-])CS(=O)(=O)Oc1ccccc1.[CH2-]CCC.[Li+]. The summed E-state index contributed by atoms with van der Waals surface area (Å²) in [5.74, 6) is -0.827. The van der Waals surface area contributed by atoms with Gasteiger partial charge in [0, 0.05) is 4.92 Å². The monoisotopic (exact) mass is 453 g/mol. The van der Waals surface area contributed by atoms with E-state index in [1.165, 1.54) is 18.6 Å². The molecule has 2 aromatic carbocycles. The molecule has 0 saturated carbocycles. The summed E-state index contributed by atoms with van der Waals surface area (Å²) < 4.78 is 52.1. The van der Waals surface area contributed by atoms with Crippen LogP contribution in [-0.2, 0) is 20.2 Å². The van der Waals surface area contributed by atoms with Crippen molar-refractivity contribution in [3.8, 4) is 11.5 Å². The van der Waals surface area contributed by atoms with E-state index in [-0.39, 0.29) is 24.6 Å². The van der Waals surface area contributed by atoms with Crippen molar-refractivity contribution in [2.45, 2.75) is 19.8 Å². The minimum atomic E-state index is -4.13. The number of nitro groups is 1. The van der Waals surface area contributed by atoms with E-state index < -0.39 is 31.0 Å². The molecule has 9 nitrogen and oxygen atoms in total. The molecule has 0 aliphatic carbocycles. The van der Waals surface area contributed by atoms with Crippen LogP contribution < -0.4 is 27.2 Å². The molecule has 0 aromatic heterocycles. The number of unbranched alkanes of at least 4 members (excludes halogenated alkanes) is 1. The molecule has 0 bridgehead atoms. The molecule has 0 aliphatic heterocycles. The zero-order valence-corrected chi connectivity index (χ0v) is 18.8. The summed E-state index contributed by atoms with van der Waals surface area (Å²) >= 11 is 0. The molecular formula is C18H24LiNO8S2. The Morgan fingerprint density at radius 1 is 0.900 bits per heavy atom. The smallest absolute Gasteiger partial charge is 0.383 e. The van der Waals surface area contributed by atoms with E-state index in [1.54, 1.807) is 48.5 Å². The van der Waals surface area contributed by atoms with Crippen molar-refractivity contribution < 1.29 is 49.0 Å². The van der Waals surface area contributed by atoms with Crippen LogP contribution in [0.1, 0.15) is 19.8 Å². The van der Waals surface area contributed by atoms with Crippen molar-refractivity contribution in [1.82, 2.24) is 0 Å². The van der Waals surface area contributed by atoms with Crippen LogP contribution in [0.15, 0.2) is 60.7 Å². The summed E-state index contributed by atoms with van der Waals surface area (Å²) in [5, 5.41) is 9.95. The number of para-hydroxylation sites is 2. The van der Waals surface area contributed by atoms with Crippen molar-refractivity contribution in [3.05, 3.63) is 77.7 Å². The van der Waals surface area contributed by atoms with Gasteiger partial charge >= 0.3 is 45.0 Å². The van der Waals surface area contributed by atoms with E-state index in [0.29, 0.717) is 5.75 Å². The minimum Gasteiger partial charge on any atom is -0.383 e. The van der Waals surface area contributed by atoms with E-state index in [9.17, 15) is 26.9 Å². The van der Waals surface area contributed by atoms with Crippen LogP contribution in [0.2, 0.25) is 0 Å². The summed E-state index contributed by atoms with van der Waals surface area (Å²) in [6.45, 7) is 5.72. The van der Waals surface area contributed by atoms with Gasteiger partial charge in [0.1, 0.15) is 11.5 Å². The molecule has 0 fully saturated rings. The topological polar surface area (TPSA) is 130 Å². The molecule has 2 rings (SSSR count). The van der Waals surface area contributed by atoms with Crippen LogP contribution in [0.3, 0.4) is 0 Å². The van der Waals surface area contributed by atoms with Gasteiger partial charge in [-0.2, -0.15) is 23.3 Å². The van der Waals surface area contributed by atoms with Gasteiger partial charge in [-0.15, -0.1) is 0 Å². The second kappa shape index (κ2) is 15.7. The van der Waals surface area contributed by atoms with Gasteiger partial charge in [0.05, 0.1) is 6.26 Å². The Kier molecular flexibility index (Phi) is 15.8. The average molecular weight is 453 g/mol. The maximum absolute atomic E-state index is 10.9. The molecule has 0 aliphatic rings. The number of hydrogen-bond acceptors (Lipinski definition) is 8. The third-order valence-corrected chi connectivity index (χ3v) is 4.04. The van der Waals surface area contributed by atoms with Crippen LogP contribution >= 0.6 is 0 Å². The first-order chi connectivity index (χ1) is 13.5. The fraction of sp³-hybridized carbons (Fsp3) is 0.278. The standard InChI is InChI=1S/C7H7NO5S.C7H8O3S.C4H9.Li/c9-8(10)6-14(11,12)13-7-4-2-1-3-5-7;1-11(8,9)10-7-5-3-2-4-6-7;1-3-4-2;/h1-5H,6H2;2-6H,1H3;1,3-4H2,2H3;/q;;-1;+1. The van der Waals surface area contributed by atoms with Crippen LogP contribution in [0.4, 0.5) is 0 Å². The third kappa shape index (κ3) is 18.0. The Bertz CT molecular complexity index is 919. The van der Waals surface area contributed by atoms with E-state index in [1.807, 2.05) is 0 Å². The van der Waals surface area contributed by atoms with Crippen molar-refractivity contribution >= 4 is 20.2 Å². The maximum Gasteiger partial charge on any atom is 1.00 e. The quantitative estimate of drug-likeness (QED) is 0.192. The summed E-state index contributed by atoms with van der Waals surface area (Å²) in [6.07, 6.45) is 3.29. The van der Waals surface area contributed by atoms with Crippen molar-refractivity contribution in [3.63, 3.8) is 0 Å². The molecule has 0 radical (unpaired) electrons. The third-order valence-electron chi connectivity index (χ3n) is 2.57. The van der Waals surface area contributed by atoms with Gasteiger partial charge < -0.3 is 15.3 Å². The number of rotatable bonds is 7. The molecule has 12 heteroatoms. The van der Waals surface area contributed by atoms with Gasteiger partial charge in [-0.1, -0.05) is 49.7 Å². The molecular weight excluding hydrogens is 429 g/mol. The Hall–Kier alpha value is -2.06. The fourth-order valence-corrected chi connectivity index (χ4v) is 2.60. The summed E-state index contributed by atoms with van der Waals surface area (Å²) in [5.41, 5.74) is 0. The minimum absolute atomic E-state index is 0. The van der Waals surface area contributed by atoms with Crippen molar-refractivity contribution in [2.24, 2.45) is 0 Å². The fourth-order valence-electron chi connectivity index (χ4n) is 1.43. The Labute approximate surface area is 190 Å². The maximum atomic E-state index is 10.9. The molecule has 0 saturated heterocycles. The molecule has 0 unspecified atom stereocenters. The van der Waals surface area contributed by atoms with Crippen LogP contribution in [0.5, 0.6) is 11.5 Å². The van der Waals surface area contributed by atoms with Crippen LogP contribution in [0, 0.1) is 17.0 Å². The molecule has 30 heavy (non-hydrogen) atoms. The van der Waals surface area contributed by atoms with E-state index in [4.69, 9.17) is 0 Å². The van der Waals surface area contributed by atoms with E-state index in [0.717, 1.165) is 12.7 Å². The summed E-state index contributed by atoms with van der Waals surface area (Å²) in [6, 6.07) is 16.0. The molecule has 2 aromatic rings. The Balaban J connectivity index is 0. The Morgan fingerprint density at radius 3 is 1.57 bits per heavy atom. The molecule has 0 N–H and O–H groups in total. The molecule has 0 heterocycles. The normalized spacial score (nSPS) is 10.1. The molecule has 0 atom stereocenters.